The number of guanidine groups is 1. The van der Waals surface area contributed by atoms with Crippen molar-refractivity contribution in [1.82, 2.24) is 10.6 Å². The Labute approximate surface area is 139 Å². The lowest BCUT2D eigenvalue weighted by atomic mass is 10.3. The summed E-state index contributed by atoms with van der Waals surface area (Å²) in [6, 6.07) is 8.84. The van der Waals surface area contributed by atoms with Crippen LogP contribution < -0.4 is 15.5 Å². The van der Waals surface area contributed by atoms with E-state index in [1.807, 2.05) is 18.8 Å². The topological polar surface area (TPSA) is 39.7 Å². The number of thioether (sulfide) groups is 1. The second-order valence-electron chi connectivity index (χ2n) is 5.02. The molecule has 116 valence electrons. The Morgan fingerprint density at radius 1 is 1.48 bits per heavy atom. The number of nitrogens with zero attached hydrogens (tertiary/aromatic N) is 2. The zero-order chi connectivity index (χ0) is 15.1. The minimum Gasteiger partial charge on any atom is -0.368 e. The lowest BCUT2D eigenvalue weighted by Gasteiger charge is -2.21. The molecule has 0 spiro atoms. The third kappa shape index (κ3) is 4.81. The van der Waals surface area contributed by atoms with Crippen LogP contribution in [0.4, 0.5) is 5.69 Å². The minimum absolute atomic E-state index is 0.442. The molecular formula is C15H23BrN4S. The number of aliphatic imine (C=N–C) groups is 1. The first-order chi connectivity index (χ1) is 10.2. The molecule has 1 aliphatic rings. The lowest BCUT2D eigenvalue weighted by Crippen LogP contribution is -2.45. The molecule has 0 radical (unpaired) electrons. The van der Waals surface area contributed by atoms with Gasteiger partial charge in [0, 0.05) is 42.9 Å². The van der Waals surface area contributed by atoms with E-state index in [9.17, 15) is 0 Å². The molecule has 4 nitrogen and oxygen atoms in total. The first kappa shape index (κ1) is 16.5. The van der Waals surface area contributed by atoms with E-state index in [4.69, 9.17) is 0 Å². The fraction of sp³-hybridized carbons (Fsp3) is 0.533. The van der Waals surface area contributed by atoms with Gasteiger partial charge in [-0.15, -0.1) is 0 Å². The number of rotatable bonds is 5. The first-order valence-corrected chi connectivity index (χ1v) is 9.39. The van der Waals surface area contributed by atoms with Crippen molar-refractivity contribution in [2.75, 3.05) is 43.6 Å². The smallest absolute Gasteiger partial charge is 0.191 e. The quantitative estimate of drug-likeness (QED) is 0.474. The van der Waals surface area contributed by atoms with Crippen LogP contribution in [0.15, 0.2) is 33.7 Å². The average molecular weight is 371 g/mol. The molecule has 0 aliphatic carbocycles. The van der Waals surface area contributed by atoms with Crippen molar-refractivity contribution in [3.8, 4) is 0 Å². The maximum absolute atomic E-state index is 4.30. The summed E-state index contributed by atoms with van der Waals surface area (Å²) in [5.74, 6) is 2.00. The third-order valence-electron chi connectivity index (χ3n) is 3.54. The molecular weight excluding hydrogens is 348 g/mol. The van der Waals surface area contributed by atoms with Gasteiger partial charge in [0.1, 0.15) is 0 Å². The van der Waals surface area contributed by atoms with Crippen molar-refractivity contribution in [3.63, 3.8) is 0 Å². The van der Waals surface area contributed by atoms with E-state index in [1.54, 1.807) is 0 Å². The number of halogens is 1. The highest BCUT2D eigenvalue weighted by atomic mass is 79.9. The number of anilines is 1. The summed E-state index contributed by atoms with van der Waals surface area (Å²) in [5.41, 5.74) is 1.27. The predicted molar refractivity (Wildman–Crippen MR) is 97.6 cm³/mol. The third-order valence-corrected chi connectivity index (χ3v) is 4.83. The zero-order valence-corrected chi connectivity index (χ0v) is 15.0. The number of hydrogen-bond acceptors (Lipinski definition) is 3. The molecule has 1 heterocycles. The summed E-state index contributed by atoms with van der Waals surface area (Å²) in [7, 11) is 1.83. The Bertz CT molecular complexity index is 480. The van der Waals surface area contributed by atoms with Crippen LogP contribution in [0.3, 0.4) is 0 Å². The van der Waals surface area contributed by atoms with Crippen LogP contribution in [0.1, 0.15) is 6.42 Å². The molecule has 1 aromatic rings. The van der Waals surface area contributed by atoms with Crippen LogP contribution in [0.5, 0.6) is 0 Å². The highest BCUT2D eigenvalue weighted by molar-refractivity contribution is 9.10. The fourth-order valence-electron chi connectivity index (χ4n) is 2.46. The fourth-order valence-corrected chi connectivity index (χ4v) is 3.31. The molecule has 0 amide bonds. The van der Waals surface area contributed by atoms with Gasteiger partial charge in [-0.3, -0.25) is 4.99 Å². The van der Waals surface area contributed by atoms with Gasteiger partial charge in [-0.1, -0.05) is 12.1 Å². The Morgan fingerprint density at radius 2 is 2.29 bits per heavy atom. The normalized spacial score (nSPS) is 18.9. The van der Waals surface area contributed by atoms with Gasteiger partial charge >= 0.3 is 0 Å². The molecule has 2 N–H and O–H groups in total. The van der Waals surface area contributed by atoms with Crippen molar-refractivity contribution >= 4 is 39.3 Å². The van der Waals surface area contributed by atoms with Gasteiger partial charge in [0.05, 0.1) is 5.69 Å². The SMILES string of the molecule is CN=C(NCCSC)NC1CCN(c2ccccc2Br)C1. The van der Waals surface area contributed by atoms with Crippen LogP contribution in [0.25, 0.3) is 0 Å². The van der Waals surface area contributed by atoms with E-state index in [1.165, 1.54) is 5.69 Å². The minimum atomic E-state index is 0.442. The maximum Gasteiger partial charge on any atom is 0.191 e. The van der Waals surface area contributed by atoms with Crippen LogP contribution in [-0.4, -0.2) is 50.7 Å². The standard InChI is InChI=1S/C15H23BrN4S/c1-17-15(18-8-10-21-2)19-12-7-9-20(11-12)14-6-4-3-5-13(14)16/h3-6,12H,7-11H2,1-2H3,(H2,17,18,19). The molecule has 1 unspecified atom stereocenters. The van der Waals surface area contributed by atoms with E-state index in [-0.39, 0.29) is 0 Å². The van der Waals surface area contributed by atoms with Gasteiger partial charge in [-0.2, -0.15) is 11.8 Å². The Balaban J connectivity index is 1.86. The van der Waals surface area contributed by atoms with E-state index in [0.717, 1.165) is 42.2 Å². The van der Waals surface area contributed by atoms with Crippen LogP contribution in [0.2, 0.25) is 0 Å². The highest BCUT2D eigenvalue weighted by Crippen LogP contribution is 2.28. The lowest BCUT2D eigenvalue weighted by molar-refractivity contribution is 0.652. The molecule has 0 saturated carbocycles. The number of nitrogens with one attached hydrogen (secondary N) is 2. The molecule has 1 fully saturated rings. The van der Waals surface area contributed by atoms with Crippen LogP contribution in [-0.2, 0) is 0 Å². The van der Waals surface area contributed by atoms with Gasteiger partial charge in [-0.05, 0) is 40.7 Å². The summed E-state index contributed by atoms with van der Waals surface area (Å²) < 4.78 is 1.16. The number of para-hydroxylation sites is 1. The van der Waals surface area contributed by atoms with Crippen molar-refractivity contribution in [2.24, 2.45) is 4.99 Å². The van der Waals surface area contributed by atoms with Crippen molar-refractivity contribution < 1.29 is 0 Å². The molecule has 0 aromatic heterocycles. The highest BCUT2D eigenvalue weighted by Gasteiger charge is 2.24. The molecule has 21 heavy (non-hydrogen) atoms. The summed E-state index contributed by atoms with van der Waals surface area (Å²) in [5, 5.41) is 6.87. The number of benzene rings is 1. The number of hydrogen-bond donors (Lipinski definition) is 2. The maximum atomic E-state index is 4.30. The van der Waals surface area contributed by atoms with Crippen LogP contribution >= 0.6 is 27.7 Å². The summed E-state index contributed by atoms with van der Waals surface area (Å²) >= 11 is 5.47. The second-order valence-corrected chi connectivity index (χ2v) is 6.86. The molecule has 1 aliphatic heterocycles. The molecule has 1 saturated heterocycles. The van der Waals surface area contributed by atoms with Crippen molar-refractivity contribution in [1.29, 1.82) is 0 Å². The van der Waals surface area contributed by atoms with Crippen LogP contribution in [0, 0.1) is 0 Å². The van der Waals surface area contributed by atoms with Gasteiger partial charge < -0.3 is 15.5 Å². The largest absolute Gasteiger partial charge is 0.368 e. The Hall–Kier alpha value is -0.880. The summed E-state index contributed by atoms with van der Waals surface area (Å²) in [4.78, 5) is 6.71. The molecule has 1 aromatic carbocycles. The summed E-state index contributed by atoms with van der Waals surface area (Å²) in [6.45, 7) is 3.02. The van der Waals surface area contributed by atoms with E-state index >= 15 is 0 Å². The first-order valence-electron chi connectivity index (χ1n) is 7.20. The summed E-state index contributed by atoms with van der Waals surface area (Å²) in [6.07, 6.45) is 3.25. The average Bonchev–Trinajstić information content (AvgIpc) is 2.95. The monoisotopic (exact) mass is 370 g/mol. The van der Waals surface area contributed by atoms with Gasteiger partial charge in [0.25, 0.3) is 0 Å². The van der Waals surface area contributed by atoms with E-state index in [0.29, 0.717) is 6.04 Å². The molecule has 2 rings (SSSR count). The van der Waals surface area contributed by atoms with E-state index < -0.39 is 0 Å². The second kappa shape index (κ2) is 8.54. The molecule has 6 heteroatoms. The molecule has 0 bridgehead atoms. The molecule has 1 atom stereocenters. The Kier molecular flexibility index (Phi) is 6.70. The van der Waals surface area contributed by atoms with Gasteiger partial charge in [0.15, 0.2) is 5.96 Å². The van der Waals surface area contributed by atoms with Gasteiger partial charge in [-0.25, -0.2) is 0 Å². The van der Waals surface area contributed by atoms with Gasteiger partial charge in [0.2, 0.25) is 0 Å². The van der Waals surface area contributed by atoms with E-state index in [2.05, 4.69) is 67.0 Å². The predicted octanol–water partition coefficient (Wildman–Crippen LogP) is 2.56. The van der Waals surface area contributed by atoms with Crippen molar-refractivity contribution in [3.05, 3.63) is 28.7 Å². The Morgan fingerprint density at radius 3 is 3.00 bits per heavy atom. The van der Waals surface area contributed by atoms with Crippen molar-refractivity contribution in [2.45, 2.75) is 12.5 Å². The zero-order valence-electron chi connectivity index (χ0n) is 12.6.